The fourth-order valence-electron chi connectivity index (χ4n) is 2.71. The fraction of sp³-hybridized carbons (Fsp3) is 0.300. The number of nitrogens with one attached hydrogen (secondary N) is 1. The second-order valence-electron chi connectivity index (χ2n) is 6.60. The van der Waals surface area contributed by atoms with Gasteiger partial charge in [-0.2, -0.15) is 5.26 Å². The van der Waals surface area contributed by atoms with Crippen molar-refractivity contribution >= 4 is 34.9 Å². The molecular formula is C20H18Cl2N2O3. The number of halogens is 2. The number of rotatable bonds is 8. The maximum Gasteiger partial charge on any atom is 0.307 e. The highest BCUT2D eigenvalue weighted by molar-refractivity contribution is 6.37. The van der Waals surface area contributed by atoms with E-state index in [1.165, 1.54) is 25.0 Å². The molecule has 0 unspecified atom stereocenters. The van der Waals surface area contributed by atoms with Crippen molar-refractivity contribution in [1.82, 2.24) is 0 Å². The molecule has 0 heterocycles. The first kappa shape index (κ1) is 19.3. The van der Waals surface area contributed by atoms with Crippen LogP contribution in [-0.4, -0.2) is 17.6 Å². The Morgan fingerprint density at radius 2 is 1.89 bits per heavy atom. The van der Waals surface area contributed by atoms with Gasteiger partial charge in [0.15, 0.2) is 5.75 Å². The van der Waals surface area contributed by atoms with Gasteiger partial charge in [-0.25, -0.2) is 0 Å². The predicted octanol–water partition coefficient (Wildman–Crippen LogP) is 4.89. The summed E-state index contributed by atoms with van der Waals surface area (Å²) in [6.45, 7) is 1.09. The summed E-state index contributed by atoms with van der Waals surface area (Å²) < 4.78 is 5.76. The maximum absolute atomic E-state index is 10.8. The number of hydrogen-bond acceptors (Lipinski definition) is 4. The number of hydrogen-bond donors (Lipinski definition) is 2. The van der Waals surface area contributed by atoms with Crippen LogP contribution in [0.1, 0.15) is 29.5 Å². The Bertz CT molecular complexity index is 882. The van der Waals surface area contributed by atoms with Crippen molar-refractivity contribution in [3.8, 4) is 11.8 Å². The minimum Gasteiger partial charge on any atom is -0.486 e. The van der Waals surface area contributed by atoms with Crippen molar-refractivity contribution in [3.05, 3.63) is 57.1 Å². The summed E-state index contributed by atoms with van der Waals surface area (Å²) in [7, 11) is 0. The number of nitrogens with zero attached hydrogens (tertiary/aromatic N) is 1. The molecule has 3 rings (SSSR count). The molecule has 0 amide bonds. The van der Waals surface area contributed by atoms with Crippen LogP contribution in [0.4, 0.5) is 5.69 Å². The molecule has 0 bridgehead atoms. The molecular weight excluding hydrogens is 387 g/mol. The molecule has 1 fully saturated rings. The second kappa shape index (κ2) is 8.51. The van der Waals surface area contributed by atoms with Gasteiger partial charge in [0.2, 0.25) is 0 Å². The highest BCUT2D eigenvalue weighted by Gasteiger charge is 2.20. The van der Waals surface area contributed by atoms with E-state index < -0.39 is 5.97 Å². The van der Waals surface area contributed by atoms with Crippen molar-refractivity contribution in [2.45, 2.75) is 25.9 Å². The quantitative estimate of drug-likeness (QED) is 0.653. The van der Waals surface area contributed by atoms with E-state index in [0.717, 1.165) is 23.7 Å². The summed E-state index contributed by atoms with van der Waals surface area (Å²) in [6.07, 6.45) is 2.32. The summed E-state index contributed by atoms with van der Waals surface area (Å²) >= 11 is 12.4. The van der Waals surface area contributed by atoms with Crippen LogP contribution in [0.15, 0.2) is 30.3 Å². The number of benzene rings is 2. The third kappa shape index (κ3) is 5.53. The first-order valence-electron chi connectivity index (χ1n) is 8.55. The predicted molar refractivity (Wildman–Crippen MR) is 105 cm³/mol. The number of nitriles is 1. The zero-order chi connectivity index (χ0) is 19.4. The van der Waals surface area contributed by atoms with Crippen LogP contribution in [0.2, 0.25) is 10.0 Å². The van der Waals surface area contributed by atoms with E-state index in [2.05, 4.69) is 11.4 Å². The summed E-state index contributed by atoms with van der Waals surface area (Å²) in [6, 6.07) is 10.7. The van der Waals surface area contributed by atoms with Crippen LogP contribution in [0, 0.1) is 17.2 Å². The molecule has 0 radical (unpaired) electrons. The number of carbonyl (C=O) groups is 1. The van der Waals surface area contributed by atoms with E-state index in [0.29, 0.717) is 16.9 Å². The second-order valence-corrected chi connectivity index (χ2v) is 7.42. The van der Waals surface area contributed by atoms with Crippen molar-refractivity contribution in [3.63, 3.8) is 0 Å². The molecule has 0 aromatic heterocycles. The number of carboxylic acids is 1. The van der Waals surface area contributed by atoms with Crippen LogP contribution >= 0.6 is 23.2 Å². The normalized spacial score (nSPS) is 13.1. The lowest BCUT2D eigenvalue weighted by Crippen LogP contribution is -2.05. The molecule has 0 atom stereocenters. The molecule has 140 valence electrons. The molecule has 5 nitrogen and oxygen atoms in total. The first-order valence-corrected chi connectivity index (χ1v) is 9.30. The van der Waals surface area contributed by atoms with Gasteiger partial charge in [0, 0.05) is 12.2 Å². The molecule has 2 aromatic carbocycles. The minimum absolute atomic E-state index is 0.167. The monoisotopic (exact) mass is 404 g/mol. The van der Waals surface area contributed by atoms with Gasteiger partial charge in [-0.15, -0.1) is 0 Å². The third-order valence-corrected chi connectivity index (χ3v) is 4.77. The van der Waals surface area contributed by atoms with Gasteiger partial charge in [0.1, 0.15) is 6.61 Å². The average Bonchev–Trinajstić information content (AvgIpc) is 3.43. The van der Waals surface area contributed by atoms with Crippen LogP contribution in [0.3, 0.4) is 0 Å². The Labute approximate surface area is 167 Å². The van der Waals surface area contributed by atoms with E-state index in [1.54, 1.807) is 6.07 Å². The first-order chi connectivity index (χ1) is 12.9. The molecule has 1 saturated carbocycles. The summed E-state index contributed by atoms with van der Waals surface area (Å²) in [5.41, 5.74) is 2.74. The van der Waals surface area contributed by atoms with Gasteiger partial charge >= 0.3 is 5.97 Å². The molecule has 0 aliphatic heterocycles. The number of ether oxygens (including phenoxy) is 1. The van der Waals surface area contributed by atoms with Crippen LogP contribution < -0.4 is 10.1 Å². The standard InChI is InChI=1S/C20H18Cl2N2O3/c21-17-6-13(8-19(25)26)7-18(22)20(17)27-11-15-3-14(9-23)4-16(5-15)24-10-12-1-2-12/h3-7,12,24H,1-2,8,10-11H2,(H,25,26). The highest BCUT2D eigenvalue weighted by Crippen LogP contribution is 2.35. The van der Waals surface area contributed by atoms with Crippen LogP contribution in [0.25, 0.3) is 0 Å². The van der Waals surface area contributed by atoms with E-state index in [-0.39, 0.29) is 23.1 Å². The zero-order valence-corrected chi connectivity index (χ0v) is 16.0. The molecule has 0 spiro atoms. The number of carboxylic acid groups (broad SMARTS) is 1. The van der Waals surface area contributed by atoms with Crippen molar-refractivity contribution in [2.24, 2.45) is 5.92 Å². The summed E-state index contributed by atoms with van der Waals surface area (Å²) in [4.78, 5) is 10.8. The van der Waals surface area contributed by atoms with E-state index in [1.807, 2.05) is 12.1 Å². The SMILES string of the molecule is N#Cc1cc(COc2c(Cl)cc(CC(=O)O)cc2Cl)cc(NCC2CC2)c1. The van der Waals surface area contributed by atoms with Crippen LogP contribution in [0.5, 0.6) is 5.75 Å². The Hall–Kier alpha value is -2.42. The van der Waals surface area contributed by atoms with Gasteiger partial charge in [-0.1, -0.05) is 23.2 Å². The Balaban J connectivity index is 1.72. The molecule has 1 aliphatic rings. The van der Waals surface area contributed by atoms with Crippen LogP contribution in [-0.2, 0) is 17.8 Å². The molecule has 2 N–H and O–H groups in total. The summed E-state index contributed by atoms with van der Waals surface area (Å²) in [5.74, 6) is 0.0510. The smallest absolute Gasteiger partial charge is 0.307 e. The van der Waals surface area contributed by atoms with Crippen molar-refractivity contribution in [2.75, 3.05) is 11.9 Å². The molecule has 7 heteroatoms. The zero-order valence-electron chi connectivity index (χ0n) is 14.5. The van der Waals surface area contributed by atoms with Gasteiger partial charge < -0.3 is 15.2 Å². The van der Waals surface area contributed by atoms with E-state index in [4.69, 9.17) is 33.0 Å². The lowest BCUT2D eigenvalue weighted by Gasteiger charge is -2.13. The van der Waals surface area contributed by atoms with Gasteiger partial charge in [0.25, 0.3) is 0 Å². The summed E-state index contributed by atoms with van der Waals surface area (Å²) in [5, 5.41) is 22.0. The maximum atomic E-state index is 10.8. The van der Waals surface area contributed by atoms with Crippen molar-refractivity contribution in [1.29, 1.82) is 5.26 Å². The molecule has 1 aliphatic carbocycles. The largest absolute Gasteiger partial charge is 0.486 e. The minimum atomic E-state index is -0.963. The Kier molecular flexibility index (Phi) is 6.10. The fourth-order valence-corrected chi connectivity index (χ4v) is 3.35. The molecule has 2 aromatic rings. The Morgan fingerprint density at radius 1 is 1.19 bits per heavy atom. The average molecular weight is 405 g/mol. The van der Waals surface area contributed by atoms with Gasteiger partial charge in [0.05, 0.1) is 28.1 Å². The van der Waals surface area contributed by atoms with Gasteiger partial charge in [-0.3, -0.25) is 4.79 Å². The van der Waals surface area contributed by atoms with Gasteiger partial charge in [-0.05, 0) is 60.2 Å². The molecule has 27 heavy (non-hydrogen) atoms. The van der Waals surface area contributed by atoms with Crippen molar-refractivity contribution < 1.29 is 14.6 Å². The highest BCUT2D eigenvalue weighted by atomic mass is 35.5. The van der Waals surface area contributed by atoms with E-state index in [9.17, 15) is 10.1 Å². The Morgan fingerprint density at radius 3 is 2.48 bits per heavy atom. The number of anilines is 1. The lowest BCUT2D eigenvalue weighted by atomic mass is 10.1. The third-order valence-electron chi connectivity index (χ3n) is 4.21. The molecule has 0 saturated heterocycles. The lowest BCUT2D eigenvalue weighted by molar-refractivity contribution is -0.136. The number of aliphatic carboxylic acids is 1. The van der Waals surface area contributed by atoms with E-state index >= 15 is 0 Å². The topological polar surface area (TPSA) is 82.3 Å².